The highest BCUT2D eigenvalue weighted by Crippen LogP contribution is 2.24. The summed E-state index contributed by atoms with van der Waals surface area (Å²) in [7, 11) is 0. The Kier molecular flexibility index (Phi) is 3.46. The van der Waals surface area contributed by atoms with Crippen molar-refractivity contribution in [3.05, 3.63) is 35.9 Å². The molecule has 0 aliphatic heterocycles. The zero-order valence-electron chi connectivity index (χ0n) is 8.03. The van der Waals surface area contributed by atoms with Crippen LogP contribution in [0.1, 0.15) is 25.3 Å². The predicted molar refractivity (Wildman–Crippen MR) is 54.3 cm³/mol. The standard InChI is InChI=1S/C11H17NO/c1-2-11(12,8-9-13)10-6-4-3-5-7-10/h3-7,13H,2,8-9,12H2,1H3. The number of hydrogen-bond acceptors (Lipinski definition) is 2. The number of benzene rings is 1. The lowest BCUT2D eigenvalue weighted by Crippen LogP contribution is -2.36. The van der Waals surface area contributed by atoms with Crippen LogP contribution in [0.15, 0.2) is 30.3 Å². The average Bonchev–Trinajstić information content (AvgIpc) is 2.19. The monoisotopic (exact) mass is 179 g/mol. The number of aliphatic hydroxyl groups excluding tert-OH is 1. The van der Waals surface area contributed by atoms with Gasteiger partial charge in [0.05, 0.1) is 0 Å². The Hall–Kier alpha value is -0.860. The van der Waals surface area contributed by atoms with Crippen LogP contribution in [-0.4, -0.2) is 11.7 Å². The highest BCUT2D eigenvalue weighted by molar-refractivity contribution is 5.23. The molecule has 2 heteroatoms. The number of aliphatic hydroxyl groups is 1. The average molecular weight is 179 g/mol. The minimum atomic E-state index is -0.365. The van der Waals surface area contributed by atoms with Crippen molar-refractivity contribution in [1.82, 2.24) is 0 Å². The van der Waals surface area contributed by atoms with Crippen molar-refractivity contribution in [3.8, 4) is 0 Å². The zero-order chi connectivity index (χ0) is 9.73. The minimum absolute atomic E-state index is 0.138. The molecular formula is C11H17NO. The summed E-state index contributed by atoms with van der Waals surface area (Å²) in [6.07, 6.45) is 1.46. The van der Waals surface area contributed by atoms with E-state index in [2.05, 4.69) is 0 Å². The van der Waals surface area contributed by atoms with Gasteiger partial charge < -0.3 is 10.8 Å². The van der Waals surface area contributed by atoms with E-state index in [9.17, 15) is 0 Å². The number of hydrogen-bond donors (Lipinski definition) is 2. The lowest BCUT2D eigenvalue weighted by molar-refractivity contribution is 0.235. The maximum Gasteiger partial charge on any atom is 0.0451 e. The van der Waals surface area contributed by atoms with Crippen LogP contribution in [0.2, 0.25) is 0 Å². The molecule has 0 saturated heterocycles. The lowest BCUT2D eigenvalue weighted by Gasteiger charge is -2.27. The first-order valence-corrected chi connectivity index (χ1v) is 4.68. The van der Waals surface area contributed by atoms with Gasteiger partial charge in [0.15, 0.2) is 0 Å². The van der Waals surface area contributed by atoms with Crippen molar-refractivity contribution in [2.45, 2.75) is 25.3 Å². The molecule has 2 nitrogen and oxygen atoms in total. The second-order valence-electron chi connectivity index (χ2n) is 3.35. The fourth-order valence-corrected chi connectivity index (χ4v) is 1.49. The van der Waals surface area contributed by atoms with E-state index in [4.69, 9.17) is 10.8 Å². The van der Waals surface area contributed by atoms with E-state index < -0.39 is 0 Å². The van der Waals surface area contributed by atoms with Gasteiger partial charge in [0, 0.05) is 12.1 Å². The molecule has 0 radical (unpaired) electrons. The molecule has 0 heterocycles. The third-order valence-corrected chi connectivity index (χ3v) is 2.54. The van der Waals surface area contributed by atoms with E-state index in [0.717, 1.165) is 12.0 Å². The minimum Gasteiger partial charge on any atom is -0.396 e. The van der Waals surface area contributed by atoms with E-state index in [-0.39, 0.29) is 12.1 Å². The summed E-state index contributed by atoms with van der Waals surface area (Å²) in [4.78, 5) is 0. The van der Waals surface area contributed by atoms with Crippen LogP contribution in [0, 0.1) is 0 Å². The van der Waals surface area contributed by atoms with E-state index in [1.54, 1.807) is 0 Å². The van der Waals surface area contributed by atoms with Crippen molar-refractivity contribution < 1.29 is 5.11 Å². The van der Waals surface area contributed by atoms with Crippen molar-refractivity contribution in [2.75, 3.05) is 6.61 Å². The molecule has 0 spiro atoms. The van der Waals surface area contributed by atoms with E-state index in [1.807, 2.05) is 37.3 Å². The highest BCUT2D eigenvalue weighted by Gasteiger charge is 2.23. The van der Waals surface area contributed by atoms with Gasteiger partial charge in [-0.1, -0.05) is 37.3 Å². The Labute approximate surface area is 79.4 Å². The normalized spacial score (nSPS) is 15.3. The van der Waals surface area contributed by atoms with Gasteiger partial charge in [-0.25, -0.2) is 0 Å². The van der Waals surface area contributed by atoms with Crippen LogP contribution in [-0.2, 0) is 5.54 Å². The second-order valence-corrected chi connectivity index (χ2v) is 3.35. The molecule has 1 aromatic rings. The number of nitrogens with two attached hydrogens (primary N) is 1. The van der Waals surface area contributed by atoms with Gasteiger partial charge in [-0.2, -0.15) is 0 Å². The first kappa shape index (κ1) is 10.2. The predicted octanol–water partition coefficient (Wildman–Crippen LogP) is 1.63. The molecule has 1 rings (SSSR count). The molecule has 0 saturated carbocycles. The van der Waals surface area contributed by atoms with Gasteiger partial charge in [-0.15, -0.1) is 0 Å². The quantitative estimate of drug-likeness (QED) is 0.738. The highest BCUT2D eigenvalue weighted by atomic mass is 16.3. The van der Waals surface area contributed by atoms with Crippen LogP contribution in [0.4, 0.5) is 0 Å². The molecule has 13 heavy (non-hydrogen) atoms. The Morgan fingerprint density at radius 2 is 1.92 bits per heavy atom. The molecule has 1 atom stereocenters. The SMILES string of the molecule is CCC(N)(CCO)c1ccccc1. The van der Waals surface area contributed by atoms with Crippen molar-refractivity contribution in [1.29, 1.82) is 0 Å². The third kappa shape index (κ3) is 2.29. The molecule has 0 amide bonds. The smallest absolute Gasteiger partial charge is 0.0451 e. The molecule has 0 aliphatic rings. The van der Waals surface area contributed by atoms with Crippen LogP contribution in [0.25, 0.3) is 0 Å². The van der Waals surface area contributed by atoms with Gasteiger partial charge >= 0.3 is 0 Å². The maximum atomic E-state index is 8.91. The van der Waals surface area contributed by atoms with Crippen LogP contribution in [0.5, 0.6) is 0 Å². The summed E-state index contributed by atoms with van der Waals surface area (Å²) in [6, 6.07) is 9.95. The molecule has 0 aromatic heterocycles. The first-order chi connectivity index (χ1) is 6.23. The molecule has 1 aromatic carbocycles. The topological polar surface area (TPSA) is 46.2 Å². The fourth-order valence-electron chi connectivity index (χ4n) is 1.49. The Bertz CT molecular complexity index is 248. The summed E-state index contributed by atoms with van der Waals surface area (Å²) in [6.45, 7) is 2.18. The maximum absolute atomic E-state index is 8.91. The molecular weight excluding hydrogens is 162 g/mol. The van der Waals surface area contributed by atoms with Gasteiger partial charge in [-0.05, 0) is 18.4 Å². The molecule has 0 aliphatic carbocycles. The van der Waals surface area contributed by atoms with E-state index >= 15 is 0 Å². The summed E-state index contributed by atoms with van der Waals surface area (Å²) in [5.74, 6) is 0. The largest absolute Gasteiger partial charge is 0.396 e. The van der Waals surface area contributed by atoms with Gasteiger partial charge in [0.1, 0.15) is 0 Å². The number of rotatable bonds is 4. The molecule has 0 fully saturated rings. The summed E-state index contributed by atoms with van der Waals surface area (Å²) in [5, 5.41) is 8.91. The van der Waals surface area contributed by atoms with E-state index in [0.29, 0.717) is 6.42 Å². The second kappa shape index (κ2) is 4.40. The third-order valence-electron chi connectivity index (χ3n) is 2.54. The van der Waals surface area contributed by atoms with Crippen LogP contribution >= 0.6 is 0 Å². The molecule has 0 bridgehead atoms. The van der Waals surface area contributed by atoms with Crippen molar-refractivity contribution in [3.63, 3.8) is 0 Å². The Morgan fingerprint density at radius 3 is 2.38 bits per heavy atom. The first-order valence-electron chi connectivity index (χ1n) is 4.68. The van der Waals surface area contributed by atoms with Gasteiger partial charge in [0.2, 0.25) is 0 Å². The summed E-state index contributed by atoms with van der Waals surface area (Å²) in [5.41, 5.74) is 6.91. The van der Waals surface area contributed by atoms with Crippen molar-refractivity contribution in [2.24, 2.45) is 5.73 Å². The van der Waals surface area contributed by atoms with Gasteiger partial charge in [0.25, 0.3) is 0 Å². The van der Waals surface area contributed by atoms with Crippen LogP contribution < -0.4 is 5.73 Å². The zero-order valence-corrected chi connectivity index (χ0v) is 8.03. The lowest BCUT2D eigenvalue weighted by atomic mass is 9.85. The fraction of sp³-hybridized carbons (Fsp3) is 0.455. The Morgan fingerprint density at radius 1 is 1.31 bits per heavy atom. The van der Waals surface area contributed by atoms with Gasteiger partial charge in [-0.3, -0.25) is 0 Å². The van der Waals surface area contributed by atoms with Crippen molar-refractivity contribution >= 4 is 0 Å². The summed E-state index contributed by atoms with van der Waals surface area (Å²) >= 11 is 0. The molecule has 72 valence electrons. The molecule has 3 N–H and O–H groups in total. The van der Waals surface area contributed by atoms with E-state index in [1.165, 1.54) is 0 Å². The molecule has 1 unspecified atom stereocenters. The Balaban J connectivity index is 2.89. The summed E-state index contributed by atoms with van der Waals surface area (Å²) < 4.78 is 0. The van der Waals surface area contributed by atoms with Crippen LogP contribution in [0.3, 0.4) is 0 Å².